The molecular formula is C13H28O4Si2. The number of hydrogen-bond donors (Lipinski definition) is 0. The summed E-state index contributed by atoms with van der Waals surface area (Å²) < 4.78 is 16.8. The number of hydrogen-bond acceptors (Lipinski definition) is 4. The third-order valence-corrected chi connectivity index (χ3v) is 9.13. The van der Waals surface area contributed by atoms with Crippen molar-refractivity contribution in [2.45, 2.75) is 59.3 Å². The second-order valence-electron chi connectivity index (χ2n) is 5.21. The third kappa shape index (κ3) is 11.1. The largest absolute Gasteiger partial charge is 0.462 e. The Balaban J connectivity index is 3.80. The number of carbonyl (C=O) groups is 1. The first kappa shape index (κ1) is 18.6. The van der Waals surface area contributed by atoms with Crippen molar-refractivity contribution >= 4 is 23.8 Å². The maximum atomic E-state index is 11.2. The lowest BCUT2D eigenvalue weighted by molar-refractivity contribution is -0.138. The molecule has 0 rings (SSSR count). The Morgan fingerprint density at radius 1 is 1.21 bits per heavy atom. The van der Waals surface area contributed by atoms with Crippen molar-refractivity contribution in [3.05, 3.63) is 12.2 Å². The van der Waals surface area contributed by atoms with Gasteiger partial charge in [-0.3, -0.25) is 0 Å². The van der Waals surface area contributed by atoms with E-state index in [1.807, 2.05) is 27.7 Å². The molecule has 0 spiro atoms. The summed E-state index contributed by atoms with van der Waals surface area (Å²) in [7, 11) is -1.80. The van der Waals surface area contributed by atoms with E-state index in [2.05, 4.69) is 6.58 Å². The fraction of sp³-hybridized carbons (Fsp3) is 0.769. The fourth-order valence-electron chi connectivity index (χ4n) is 1.48. The Kier molecular flexibility index (Phi) is 10.1. The van der Waals surface area contributed by atoms with Crippen LogP contribution >= 0.6 is 0 Å². The van der Waals surface area contributed by atoms with Crippen LogP contribution in [0.2, 0.25) is 6.04 Å². The summed E-state index contributed by atoms with van der Waals surface area (Å²) in [6.45, 7) is 13.9. The van der Waals surface area contributed by atoms with Crippen molar-refractivity contribution < 1.29 is 18.4 Å². The molecule has 6 heteroatoms. The van der Waals surface area contributed by atoms with Crippen LogP contribution in [-0.4, -0.2) is 42.6 Å². The Morgan fingerprint density at radius 3 is 2.16 bits per heavy atom. The lowest BCUT2D eigenvalue weighted by Gasteiger charge is -2.21. The van der Waals surface area contributed by atoms with Crippen LogP contribution in [0.4, 0.5) is 0 Å². The molecule has 0 saturated heterocycles. The molecule has 0 saturated carbocycles. The van der Waals surface area contributed by atoms with Gasteiger partial charge in [0.05, 0.1) is 15.6 Å². The van der Waals surface area contributed by atoms with Gasteiger partial charge in [-0.05, 0) is 41.0 Å². The summed E-state index contributed by atoms with van der Waals surface area (Å²) in [4.78, 5) is 11.2. The van der Waals surface area contributed by atoms with Crippen LogP contribution in [0.3, 0.4) is 0 Å². The van der Waals surface area contributed by atoms with Crippen LogP contribution in [0.1, 0.15) is 41.0 Å². The van der Waals surface area contributed by atoms with E-state index in [-0.39, 0.29) is 27.2 Å². The molecule has 0 amide bonds. The van der Waals surface area contributed by atoms with Crippen LogP contribution in [0.15, 0.2) is 12.2 Å². The topological polar surface area (TPSA) is 44.8 Å². The van der Waals surface area contributed by atoms with Gasteiger partial charge in [-0.25, -0.2) is 4.79 Å². The maximum absolute atomic E-state index is 11.2. The minimum atomic E-state index is -1.46. The molecular weight excluding hydrogens is 276 g/mol. The molecule has 4 nitrogen and oxygen atoms in total. The first-order valence-corrected chi connectivity index (χ1v) is 12.2. The summed E-state index contributed by atoms with van der Waals surface area (Å²) in [6.07, 6.45) is 1.38. The predicted octanol–water partition coefficient (Wildman–Crippen LogP) is 1.65. The SMILES string of the molecule is C=C(C)C(=O)OCCC[SiH2][SiH](OC(C)C)OC(C)C. The average Bonchev–Trinajstić information content (AvgIpc) is 2.26. The Hall–Kier alpha value is -0.436. The highest BCUT2D eigenvalue weighted by Crippen LogP contribution is 2.03. The maximum Gasteiger partial charge on any atom is 0.333 e. The summed E-state index contributed by atoms with van der Waals surface area (Å²) in [5.74, 6) is -0.299. The minimum Gasteiger partial charge on any atom is -0.462 e. The molecule has 0 atom stereocenters. The van der Waals surface area contributed by atoms with Gasteiger partial charge in [0, 0.05) is 17.8 Å². The summed E-state index contributed by atoms with van der Waals surface area (Å²) >= 11 is 0. The molecule has 19 heavy (non-hydrogen) atoms. The second-order valence-corrected chi connectivity index (χ2v) is 11.6. The van der Waals surface area contributed by atoms with Gasteiger partial charge in [0.2, 0.25) is 0 Å². The van der Waals surface area contributed by atoms with Crippen molar-refractivity contribution in [1.82, 2.24) is 0 Å². The van der Waals surface area contributed by atoms with Crippen molar-refractivity contribution in [2.75, 3.05) is 6.61 Å². The molecule has 0 aliphatic heterocycles. The van der Waals surface area contributed by atoms with Gasteiger partial charge in [-0.2, -0.15) is 0 Å². The first-order chi connectivity index (χ1) is 8.82. The number of carbonyl (C=O) groups excluding carboxylic acids is 1. The number of ether oxygens (including phenoxy) is 1. The van der Waals surface area contributed by atoms with Crippen molar-refractivity contribution in [1.29, 1.82) is 0 Å². The van der Waals surface area contributed by atoms with Gasteiger partial charge in [0.25, 0.3) is 8.80 Å². The van der Waals surface area contributed by atoms with Crippen LogP contribution in [0.5, 0.6) is 0 Å². The molecule has 0 aromatic rings. The number of esters is 1. The lowest BCUT2D eigenvalue weighted by atomic mass is 10.4. The second kappa shape index (κ2) is 10.4. The highest BCUT2D eigenvalue weighted by atomic mass is 29.2. The normalized spacial score (nSPS) is 12.0. The molecule has 0 aliphatic rings. The fourth-order valence-corrected chi connectivity index (χ4v) is 8.85. The molecule has 0 N–H and O–H groups in total. The molecule has 0 radical (unpaired) electrons. The molecule has 0 aliphatic carbocycles. The van der Waals surface area contributed by atoms with Crippen LogP contribution in [0.25, 0.3) is 0 Å². The molecule has 0 fully saturated rings. The molecule has 0 heterocycles. The van der Waals surface area contributed by atoms with E-state index < -0.39 is 8.80 Å². The third-order valence-electron chi connectivity index (χ3n) is 2.26. The van der Waals surface area contributed by atoms with Gasteiger partial charge in [0.1, 0.15) is 0 Å². The van der Waals surface area contributed by atoms with Crippen molar-refractivity contribution in [3.8, 4) is 0 Å². The highest BCUT2D eigenvalue weighted by molar-refractivity contribution is 7.05. The van der Waals surface area contributed by atoms with E-state index >= 15 is 0 Å². The van der Waals surface area contributed by atoms with Crippen LogP contribution in [-0.2, 0) is 18.4 Å². The molecule has 0 aromatic carbocycles. The molecule has 0 aromatic heterocycles. The van der Waals surface area contributed by atoms with E-state index in [9.17, 15) is 4.79 Å². The zero-order valence-electron chi connectivity index (χ0n) is 12.9. The Bertz CT molecular complexity index is 270. The van der Waals surface area contributed by atoms with E-state index in [1.54, 1.807) is 6.92 Å². The zero-order chi connectivity index (χ0) is 14.8. The smallest absolute Gasteiger partial charge is 0.333 e. The predicted molar refractivity (Wildman–Crippen MR) is 83.3 cm³/mol. The van der Waals surface area contributed by atoms with Gasteiger partial charge in [-0.1, -0.05) is 12.6 Å². The van der Waals surface area contributed by atoms with Crippen molar-refractivity contribution in [2.24, 2.45) is 0 Å². The summed E-state index contributed by atoms with van der Waals surface area (Å²) in [5.41, 5.74) is 0.454. The zero-order valence-corrected chi connectivity index (χ0v) is 15.5. The molecule has 112 valence electrons. The average molecular weight is 305 g/mol. The van der Waals surface area contributed by atoms with Crippen LogP contribution in [0, 0.1) is 0 Å². The lowest BCUT2D eigenvalue weighted by Crippen LogP contribution is -2.35. The van der Waals surface area contributed by atoms with Crippen LogP contribution < -0.4 is 0 Å². The minimum absolute atomic E-state index is 0.240. The van der Waals surface area contributed by atoms with Gasteiger partial charge in [0.15, 0.2) is 0 Å². The summed E-state index contributed by atoms with van der Waals surface area (Å²) in [5, 5.41) is 0. The monoisotopic (exact) mass is 304 g/mol. The van der Waals surface area contributed by atoms with Gasteiger partial charge < -0.3 is 13.6 Å². The van der Waals surface area contributed by atoms with E-state index in [0.717, 1.165) is 12.5 Å². The first-order valence-electron chi connectivity index (χ1n) is 6.96. The van der Waals surface area contributed by atoms with Gasteiger partial charge >= 0.3 is 5.97 Å². The van der Waals surface area contributed by atoms with Gasteiger partial charge in [-0.15, -0.1) is 0 Å². The quantitative estimate of drug-likeness (QED) is 0.266. The molecule has 0 unspecified atom stereocenters. The Morgan fingerprint density at radius 2 is 1.74 bits per heavy atom. The Labute approximate surface area is 121 Å². The van der Waals surface area contributed by atoms with E-state index in [1.165, 1.54) is 0 Å². The standard InChI is InChI=1S/C13H28O4Si2/c1-10(2)13(14)15-8-7-9-18-19(16-11(3)4)17-12(5)6/h11-12,19H,1,7-9,18H2,2-6H3. The number of rotatable bonds is 10. The molecule has 0 bridgehead atoms. The highest BCUT2D eigenvalue weighted by Gasteiger charge is 2.16. The van der Waals surface area contributed by atoms with E-state index in [0.29, 0.717) is 12.2 Å². The summed E-state index contributed by atoms with van der Waals surface area (Å²) in [6, 6.07) is 1.10. The van der Waals surface area contributed by atoms with Crippen molar-refractivity contribution in [3.63, 3.8) is 0 Å². The van der Waals surface area contributed by atoms with E-state index in [4.69, 9.17) is 13.6 Å².